The number of anilines is 1. The van der Waals surface area contributed by atoms with E-state index in [4.69, 9.17) is 4.74 Å². The molecule has 20 heavy (non-hydrogen) atoms. The average Bonchev–Trinajstić information content (AvgIpc) is 2.48. The topological polar surface area (TPSA) is 75.6 Å². The zero-order chi connectivity index (χ0) is 14.5. The van der Waals surface area contributed by atoms with Gasteiger partial charge in [-0.3, -0.25) is 9.59 Å². The summed E-state index contributed by atoms with van der Waals surface area (Å²) < 4.78 is 5.05. The minimum atomic E-state index is -0.875. The Morgan fingerprint density at radius 1 is 1.15 bits per heavy atom. The van der Waals surface area contributed by atoms with E-state index in [1.807, 2.05) is 0 Å². The monoisotopic (exact) mass is 277 g/mol. The molecule has 1 aliphatic rings. The fraction of sp³-hybridized carbons (Fsp3) is 0.467. The van der Waals surface area contributed by atoms with Crippen LogP contribution in [0.2, 0.25) is 0 Å². The molecular formula is C15H19NO4. The summed E-state index contributed by atoms with van der Waals surface area (Å²) in [6.07, 6.45) is 3.00. The number of amides is 1. The molecule has 2 rings (SSSR count). The molecule has 0 saturated heterocycles. The van der Waals surface area contributed by atoms with Crippen LogP contribution in [0.4, 0.5) is 5.69 Å². The molecule has 1 aromatic rings. The average molecular weight is 277 g/mol. The zero-order valence-electron chi connectivity index (χ0n) is 11.5. The van der Waals surface area contributed by atoms with Crippen LogP contribution in [0.25, 0.3) is 0 Å². The van der Waals surface area contributed by atoms with E-state index in [2.05, 4.69) is 5.32 Å². The first kappa shape index (κ1) is 14.4. The van der Waals surface area contributed by atoms with Gasteiger partial charge in [-0.2, -0.15) is 0 Å². The van der Waals surface area contributed by atoms with Gasteiger partial charge in [0.2, 0.25) is 5.91 Å². The Bertz CT molecular complexity index is 483. The predicted octanol–water partition coefficient (Wildman–Crippen LogP) is 2.52. The third kappa shape index (κ3) is 3.29. The van der Waals surface area contributed by atoms with Crippen molar-refractivity contribution in [1.29, 1.82) is 0 Å². The van der Waals surface area contributed by atoms with Crippen LogP contribution in [-0.4, -0.2) is 24.1 Å². The molecule has 0 unspecified atom stereocenters. The van der Waals surface area contributed by atoms with E-state index in [0.717, 1.165) is 12.8 Å². The van der Waals surface area contributed by atoms with E-state index in [1.54, 1.807) is 31.4 Å². The van der Waals surface area contributed by atoms with Crippen LogP contribution >= 0.6 is 0 Å². The largest absolute Gasteiger partial charge is 0.497 e. The normalized spacial score (nSPS) is 22.1. The number of carboxylic acids is 1. The minimum absolute atomic E-state index is 0.206. The van der Waals surface area contributed by atoms with Gasteiger partial charge in [-0.25, -0.2) is 0 Å². The maximum atomic E-state index is 12.2. The standard InChI is InChI=1S/C15H19NO4/c1-20-11-8-6-10(7-9-11)16-14(17)12-4-2-3-5-13(12)15(18)19/h6-9,12-13H,2-5H2,1H3,(H,16,17)(H,18,19)/t12-,13+/m0/s1. The van der Waals surface area contributed by atoms with Gasteiger partial charge in [0.25, 0.3) is 0 Å². The number of hydrogen-bond donors (Lipinski definition) is 2. The van der Waals surface area contributed by atoms with Crippen LogP contribution in [0.5, 0.6) is 5.75 Å². The Morgan fingerprint density at radius 2 is 1.75 bits per heavy atom. The molecule has 0 aromatic heterocycles. The van der Waals surface area contributed by atoms with Crippen molar-refractivity contribution < 1.29 is 19.4 Å². The number of carbonyl (C=O) groups excluding carboxylic acids is 1. The van der Waals surface area contributed by atoms with E-state index in [1.165, 1.54) is 0 Å². The smallest absolute Gasteiger partial charge is 0.307 e. The van der Waals surface area contributed by atoms with Gasteiger partial charge in [0.15, 0.2) is 0 Å². The number of carbonyl (C=O) groups is 2. The number of aliphatic carboxylic acids is 1. The first-order valence-corrected chi connectivity index (χ1v) is 6.79. The van der Waals surface area contributed by atoms with E-state index >= 15 is 0 Å². The molecule has 5 heteroatoms. The van der Waals surface area contributed by atoms with Crippen LogP contribution in [0.3, 0.4) is 0 Å². The Morgan fingerprint density at radius 3 is 2.30 bits per heavy atom. The third-order valence-corrected chi connectivity index (χ3v) is 3.78. The Labute approximate surface area is 117 Å². The SMILES string of the molecule is COc1ccc(NC(=O)[C@H]2CCCC[C@H]2C(=O)O)cc1. The summed E-state index contributed by atoms with van der Waals surface area (Å²) in [5.41, 5.74) is 0.658. The lowest BCUT2D eigenvalue weighted by molar-refractivity contribution is -0.147. The molecule has 0 spiro atoms. The summed E-state index contributed by atoms with van der Waals surface area (Å²) in [5.74, 6) is -1.38. The van der Waals surface area contributed by atoms with E-state index in [9.17, 15) is 14.7 Å². The molecule has 1 saturated carbocycles. The summed E-state index contributed by atoms with van der Waals surface area (Å²) in [6.45, 7) is 0. The molecule has 1 fully saturated rings. The van der Waals surface area contributed by atoms with Crippen LogP contribution in [0.15, 0.2) is 24.3 Å². The first-order valence-electron chi connectivity index (χ1n) is 6.79. The number of rotatable bonds is 4. The van der Waals surface area contributed by atoms with Gasteiger partial charge in [0.05, 0.1) is 18.9 Å². The second-order valence-corrected chi connectivity index (χ2v) is 5.05. The molecule has 108 valence electrons. The Balaban J connectivity index is 2.03. The molecule has 0 heterocycles. The minimum Gasteiger partial charge on any atom is -0.497 e. The van der Waals surface area contributed by atoms with E-state index in [0.29, 0.717) is 24.3 Å². The summed E-state index contributed by atoms with van der Waals surface area (Å²) >= 11 is 0. The van der Waals surface area contributed by atoms with Crippen LogP contribution in [-0.2, 0) is 9.59 Å². The molecule has 0 radical (unpaired) electrons. The lowest BCUT2D eigenvalue weighted by Crippen LogP contribution is -2.36. The van der Waals surface area contributed by atoms with Crippen LogP contribution < -0.4 is 10.1 Å². The van der Waals surface area contributed by atoms with E-state index < -0.39 is 17.8 Å². The highest BCUT2D eigenvalue weighted by Gasteiger charge is 2.35. The second-order valence-electron chi connectivity index (χ2n) is 5.05. The van der Waals surface area contributed by atoms with Crippen LogP contribution in [0.1, 0.15) is 25.7 Å². The highest BCUT2D eigenvalue weighted by Crippen LogP contribution is 2.31. The van der Waals surface area contributed by atoms with E-state index in [-0.39, 0.29) is 5.91 Å². The second kappa shape index (κ2) is 6.41. The number of ether oxygens (including phenoxy) is 1. The zero-order valence-corrected chi connectivity index (χ0v) is 11.5. The summed E-state index contributed by atoms with van der Waals surface area (Å²) in [4.78, 5) is 23.4. The molecule has 1 amide bonds. The quantitative estimate of drug-likeness (QED) is 0.886. The van der Waals surface area contributed by atoms with Gasteiger partial charge in [0, 0.05) is 5.69 Å². The molecule has 1 aromatic carbocycles. The Kier molecular flexibility index (Phi) is 4.61. The molecular weight excluding hydrogens is 258 g/mol. The van der Waals surface area contributed by atoms with Crippen molar-refractivity contribution in [3.05, 3.63) is 24.3 Å². The molecule has 1 aliphatic carbocycles. The van der Waals surface area contributed by atoms with Gasteiger partial charge >= 0.3 is 5.97 Å². The summed E-state index contributed by atoms with van der Waals surface area (Å²) in [6, 6.07) is 7.00. The number of methoxy groups -OCH3 is 1. The maximum absolute atomic E-state index is 12.2. The van der Waals surface area contributed by atoms with Crippen molar-refractivity contribution in [2.45, 2.75) is 25.7 Å². The van der Waals surface area contributed by atoms with Gasteiger partial charge in [-0.05, 0) is 37.1 Å². The fourth-order valence-corrected chi connectivity index (χ4v) is 2.65. The molecule has 2 atom stereocenters. The van der Waals surface area contributed by atoms with Crippen molar-refractivity contribution in [1.82, 2.24) is 0 Å². The molecule has 5 nitrogen and oxygen atoms in total. The van der Waals surface area contributed by atoms with Crippen molar-refractivity contribution in [2.24, 2.45) is 11.8 Å². The van der Waals surface area contributed by atoms with Gasteiger partial charge in [-0.15, -0.1) is 0 Å². The highest BCUT2D eigenvalue weighted by atomic mass is 16.5. The number of hydrogen-bond acceptors (Lipinski definition) is 3. The maximum Gasteiger partial charge on any atom is 0.307 e. The highest BCUT2D eigenvalue weighted by molar-refractivity contribution is 5.95. The third-order valence-electron chi connectivity index (χ3n) is 3.78. The van der Waals surface area contributed by atoms with Crippen molar-refractivity contribution in [2.75, 3.05) is 12.4 Å². The van der Waals surface area contributed by atoms with Gasteiger partial charge < -0.3 is 15.2 Å². The van der Waals surface area contributed by atoms with Gasteiger partial charge in [0.1, 0.15) is 5.75 Å². The van der Waals surface area contributed by atoms with Crippen LogP contribution in [0, 0.1) is 11.8 Å². The lowest BCUT2D eigenvalue weighted by Gasteiger charge is -2.27. The predicted molar refractivity (Wildman–Crippen MR) is 74.7 cm³/mol. The van der Waals surface area contributed by atoms with Crippen molar-refractivity contribution >= 4 is 17.6 Å². The molecule has 0 bridgehead atoms. The Hall–Kier alpha value is -2.04. The lowest BCUT2D eigenvalue weighted by atomic mass is 9.78. The molecule has 0 aliphatic heterocycles. The summed E-state index contributed by atoms with van der Waals surface area (Å²) in [5, 5.41) is 12.0. The summed E-state index contributed by atoms with van der Waals surface area (Å²) in [7, 11) is 1.58. The van der Waals surface area contributed by atoms with Crippen molar-refractivity contribution in [3.63, 3.8) is 0 Å². The fourth-order valence-electron chi connectivity index (χ4n) is 2.65. The number of nitrogens with one attached hydrogen (secondary N) is 1. The number of carboxylic acid groups (broad SMARTS) is 1. The first-order chi connectivity index (χ1) is 9.61. The van der Waals surface area contributed by atoms with Crippen molar-refractivity contribution in [3.8, 4) is 5.75 Å². The van der Waals surface area contributed by atoms with Gasteiger partial charge in [-0.1, -0.05) is 12.8 Å². The molecule has 2 N–H and O–H groups in total. The number of benzene rings is 1.